The molecular weight excluding hydrogens is 260 g/mol. The molecule has 3 heteroatoms. The Kier molecular flexibility index (Phi) is 6.27. The fraction of sp³-hybridized carbons (Fsp3) is 0.556. The summed E-state index contributed by atoms with van der Waals surface area (Å²) in [6, 6.07) is 6.87. The lowest BCUT2D eigenvalue weighted by Crippen LogP contribution is -2.24. The van der Waals surface area contributed by atoms with Crippen molar-refractivity contribution in [1.82, 2.24) is 5.32 Å². The van der Waals surface area contributed by atoms with Crippen molar-refractivity contribution in [3.05, 3.63) is 34.9 Å². The number of benzene rings is 1. The fourth-order valence-corrected chi connectivity index (χ4v) is 2.83. The predicted molar refractivity (Wildman–Crippen MR) is 91.0 cm³/mol. The van der Waals surface area contributed by atoms with Crippen LogP contribution in [-0.4, -0.2) is 40.4 Å². The fourth-order valence-electron chi connectivity index (χ4n) is 2.83. The van der Waals surface area contributed by atoms with E-state index in [2.05, 4.69) is 48.5 Å². The van der Waals surface area contributed by atoms with Crippen molar-refractivity contribution >= 4 is 11.8 Å². The van der Waals surface area contributed by atoms with Gasteiger partial charge >= 0.3 is 0 Å². The lowest BCUT2D eigenvalue weighted by molar-refractivity contribution is 0.200. The van der Waals surface area contributed by atoms with Gasteiger partial charge in [0, 0.05) is 39.5 Å². The third-order valence-electron chi connectivity index (χ3n) is 4.11. The van der Waals surface area contributed by atoms with E-state index in [1.165, 1.54) is 41.8 Å². The van der Waals surface area contributed by atoms with Gasteiger partial charge in [0.25, 0.3) is 0 Å². The second-order valence-corrected chi connectivity index (χ2v) is 5.74. The van der Waals surface area contributed by atoms with Crippen molar-refractivity contribution in [3.8, 4) is 0 Å². The molecule has 1 aromatic carbocycles. The molecule has 0 atom stereocenters. The van der Waals surface area contributed by atoms with E-state index in [0.29, 0.717) is 0 Å². The smallest absolute Gasteiger partial charge is 0.0587 e. The summed E-state index contributed by atoms with van der Waals surface area (Å²) < 4.78 is 5.06. The van der Waals surface area contributed by atoms with Gasteiger partial charge in [0.2, 0.25) is 0 Å². The minimum absolute atomic E-state index is 0.766. The minimum Gasteiger partial charge on any atom is -0.383 e. The Balaban J connectivity index is 2.04. The molecule has 1 N–H and O–H groups in total. The first kappa shape index (κ1) is 16.1. The number of nitrogens with one attached hydrogen (secondary N) is 1. The molecule has 1 aliphatic heterocycles. The van der Waals surface area contributed by atoms with Crippen LogP contribution in [-0.2, 0) is 11.2 Å². The zero-order chi connectivity index (χ0) is 15.1. The Morgan fingerprint density at radius 3 is 3.05 bits per heavy atom. The van der Waals surface area contributed by atoms with Crippen LogP contribution < -0.4 is 10.2 Å². The van der Waals surface area contributed by atoms with Crippen LogP contribution in [0.25, 0.3) is 6.08 Å². The Morgan fingerprint density at radius 1 is 1.43 bits per heavy atom. The number of hydrogen-bond donors (Lipinski definition) is 1. The summed E-state index contributed by atoms with van der Waals surface area (Å²) in [5.41, 5.74) is 5.65. The molecule has 0 spiro atoms. The highest BCUT2D eigenvalue weighted by atomic mass is 16.5. The number of fused-ring (bicyclic) bond motifs is 1. The number of aryl methyl sites for hydroxylation is 1. The summed E-state index contributed by atoms with van der Waals surface area (Å²) in [5.74, 6) is 0. The van der Waals surface area contributed by atoms with Gasteiger partial charge in [-0.2, -0.15) is 0 Å². The monoisotopic (exact) mass is 288 g/mol. The van der Waals surface area contributed by atoms with Crippen molar-refractivity contribution < 1.29 is 4.74 Å². The van der Waals surface area contributed by atoms with Crippen molar-refractivity contribution in [1.29, 1.82) is 0 Å². The molecular formula is C18H28N2O. The zero-order valence-corrected chi connectivity index (χ0v) is 13.6. The van der Waals surface area contributed by atoms with E-state index >= 15 is 0 Å². The molecule has 0 saturated carbocycles. The standard InChI is InChI=1S/C18H28N2O/c1-4-15(14-19-9-11-21-3)12-16-7-8-18-17(13-16)6-5-10-20(18)2/h7-8,12-13,19H,4-6,9-11,14H2,1-3H3. The Labute approximate surface area is 129 Å². The van der Waals surface area contributed by atoms with E-state index in [9.17, 15) is 0 Å². The summed E-state index contributed by atoms with van der Waals surface area (Å²) >= 11 is 0. The van der Waals surface area contributed by atoms with Crippen molar-refractivity contribution in [2.24, 2.45) is 0 Å². The molecule has 21 heavy (non-hydrogen) atoms. The van der Waals surface area contributed by atoms with Crippen LogP contribution in [0.15, 0.2) is 23.8 Å². The summed E-state index contributed by atoms with van der Waals surface area (Å²) in [6.07, 6.45) is 5.87. The second kappa shape index (κ2) is 8.20. The number of anilines is 1. The molecule has 116 valence electrons. The SMILES string of the molecule is CCC(=Cc1ccc2c(c1)CCCN2C)CNCCOC. The summed E-state index contributed by atoms with van der Waals surface area (Å²) in [6.45, 7) is 6.00. The molecule has 2 rings (SSSR count). The highest BCUT2D eigenvalue weighted by molar-refractivity contribution is 5.63. The normalized spacial score (nSPS) is 15.2. The number of rotatable bonds is 7. The average molecular weight is 288 g/mol. The number of hydrogen-bond acceptors (Lipinski definition) is 3. The first-order valence-corrected chi connectivity index (χ1v) is 7.97. The molecule has 1 aliphatic rings. The van der Waals surface area contributed by atoms with E-state index in [1.54, 1.807) is 7.11 Å². The lowest BCUT2D eigenvalue weighted by Gasteiger charge is -2.27. The van der Waals surface area contributed by atoms with Crippen LogP contribution >= 0.6 is 0 Å². The topological polar surface area (TPSA) is 24.5 Å². The van der Waals surface area contributed by atoms with Gasteiger partial charge in [-0.3, -0.25) is 0 Å². The van der Waals surface area contributed by atoms with Crippen molar-refractivity contribution in [2.75, 3.05) is 45.3 Å². The quantitative estimate of drug-likeness (QED) is 0.780. The van der Waals surface area contributed by atoms with Crippen LogP contribution in [0.2, 0.25) is 0 Å². The van der Waals surface area contributed by atoms with Crippen LogP contribution in [0.5, 0.6) is 0 Å². The average Bonchev–Trinajstić information content (AvgIpc) is 2.50. The van der Waals surface area contributed by atoms with Crippen LogP contribution in [0.1, 0.15) is 30.9 Å². The third-order valence-corrected chi connectivity index (χ3v) is 4.11. The van der Waals surface area contributed by atoms with Crippen LogP contribution in [0.3, 0.4) is 0 Å². The summed E-state index contributed by atoms with van der Waals surface area (Å²) in [4.78, 5) is 2.36. The predicted octanol–water partition coefficient (Wildman–Crippen LogP) is 3.10. The molecule has 0 unspecified atom stereocenters. The maximum Gasteiger partial charge on any atom is 0.0587 e. The molecule has 0 bridgehead atoms. The number of ether oxygens (including phenoxy) is 1. The molecule has 0 fully saturated rings. The Bertz CT molecular complexity index is 482. The van der Waals surface area contributed by atoms with Crippen LogP contribution in [0, 0.1) is 0 Å². The van der Waals surface area contributed by atoms with Gasteiger partial charge in [0.15, 0.2) is 0 Å². The van der Waals surface area contributed by atoms with E-state index < -0.39 is 0 Å². The second-order valence-electron chi connectivity index (χ2n) is 5.74. The van der Waals surface area contributed by atoms with Crippen LogP contribution in [0.4, 0.5) is 5.69 Å². The molecule has 1 heterocycles. The molecule has 0 amide bonds. The van der Waals surface area contributed by atoms with Crippen molar-refractivity contribution in [2.45, 2.75) is 26.2 Å². The maximum absolute atomic E-state index is 5.06. The zero-order valence-electron chi connectivity index (χ0n) is 13.6. The molecule has 0 aliphatic carbocycles. The van der Waals surface area contributed by atoms with E-state index in [0.717, 1.165) is 26.1 Å². The highest BCUT2D eigenvalue weighted by Gasteiger charge is 2.13. The molecule has 3 nitrogen and oxygen atoms in total. The number of methoxy groups -OCH3 is 1. The number of nitrogens with zero attached hydrogens (tertiary/aromatic N) is 1. The first-order chi connectivity index (χ1) is 10.2. The highest BCUT2D eigenvalue weighted by Crippen LogP contribution is 2.27. The molecule has 0 saturated heterocycles. The first-order valence-electron chi connectivity index (χ1n) is 7.97. The van der Waals surface area contributed by atoms with Crippen molar-refractivity contribution in [3.63, 3.8) is 0 Å². The lowest BCUT2D eigenvalue weighted by atomic mass is 9.98. The van der Waals surface area contributed by atoms with Gasteiger partial charge in [-0.05, 0) is 42.5 Å². The van der Waals surface area contributed by atoms with Gasteiger partial charge in [0.1, 0.15) is 0 Å². The molecule has 0 aromatic heterocycles. The van der Waals surface area contributed by atoms with Gasteiger partial charge < -0.3 is 15.0 Å². The van der Waals surface area contributed by atoms with Gasteiger partial charge in [-0.1, -0.05) is 24.6 Å². The minimum atomic E-state index is 0.766. The third kappa shape index (κ3) is 4.58. The Hall–Kier alpha value is -1.32. The molecule has 1 aromatic rings. The largest absolute Gasteiger partial charge is 0.383 e. The maximum atomic E-state index is 5.06. The summed E-state index contributed by atoms with van der Waals surface area (Å²) in [5, 5.41) is 3.43. The van der Waals surface area contributed by atoms with Gasteiger partial charge in [-0.25, -0.2) is 0 Å². The summed E-state index contributed by atoms with van der Waals surface area (Å²) in [7, 11) is 3.92. The Morgan fingerprint density at radius 2 is 2.29 bits per heavy atom. The van der Waals surface area contributed by atoms with Gasteiger partial charge in [0.05, 0.1) is 6.61 Å². The van der Waals surface area contributed by atoms with Gasteiger partial charge in [-0.15, -0.1) is 0 Å². The molecule has 0 radical (unpaired) electrons. The van der Waals surface area contributed by atoms with E-state index in [4.69, 9.17) is 4.74 Å². The van der Waals surface area contributed by atoms with E-state index in [1.807, 2.05) is 0 Å². The van der Waals surface area contributed by atoms with E-state index in [-0.39, 0.29) is 0 Å².